The molecule has 1 aromatic rings. The average molecular weight is 243 g/mol. The van der Waals surface area contributed by atoms with Crippen LogP contribution in [-0.4, -0.2) is 24.0 Å². The lowest BCUT2D eigenvalue weighted by molar-refractivity contribution is -0.131. The van der Waals surface area contributed by atoms with Gasteiger partial charge < -0.3 is 13.8 Å². The van der Waals surface area contributed by atoms with Crippen LogP contribution in [0.15, 0.2) is 30.3 Å². The number of carboxylic acids is 1. The van der Waals surface area contributed by atoms with E-state index in [0.29, 0.717) is 5.56 Å². The SMILES string of the molecule is O=C(O)/C=C/c1cccc(OS(=O)(=O)[O-])c1. The van der Waals surface area contributed by atoms with E-state index < -0.39 is 16.4 Å². The molecule has 0 aliphatic rings. The minimum atomic E-state index is -4.82. The van der Waals surface area contributed by atoms with Crippen molar-refractivity contribution in [2.45, 2.75) is 0 Å². The monoisotopic (exact) mass is 243 g/mol. The van der Waals surface area contributed by atoms with Crippen LogP contribution in [0, 0.1) is 0 Å². The van der Waals surface area contributed by atoms with E-state index in [0.717, 1.165) is 6.08 Å². The van der Waals surface area contributed by atoms with Gasteiger partial charge in [-0.2, -0.15) is 0 Å². The number of aliphatic carboxylic acids is 1. The van der Waals surface area contributed by atoms with Gasteiger partial charge in [-0.25, -0.2) is 13.2 Å². The Morgan fingerprint density at radius 2 is 2.12 bits per heavy atom. The molecule has 0 atom stereocenters. The maximum atomic E-state index is 10.3. The van der Waals surface area contributed by atoms with E-state index in [1.807, 2.05) is 0 Å². The summed E-state index contributed by atoms with van der Waals surface area (Å²) in [5.41, 5.74) is 0.406. The van der Waals surface area contributed by atoms with Gasteiger partial charge in [0.25, 0.3) is 10.4 Å². The third kappa shape index (κ3) is 4.58. The Balaban J connectivity index is 2.91. The van der Waals surface area contributed by atoms with E-state index in [2.05, 4.69) is 4.18 Å². The summed E-state index contributed by atoms with van der Waals surface area (Å²) in [6.07, 6.45) is 2.12. The molecule has 0 aliphatic carbocycles. The predicted octanol–water partition coefficient (Wildman–Crippen LogP) is 0.623. The number of hydrogen-bond acceptors (Lipinski definition) is 5. The first-order valence-electron chi connectivity index (χ1n) is 4.03. The number of carboxylic acid groups (broad SMARTS) is 1. The van der Waals surface area contributed by atoms with E-state index in [-0.39, 0.29) is 5.75 Å². The van der Waals surface area contributed by atoms with Crippen molar-refractivity contribution in [1.29, 1.82) is 0 Å². The van der Waals surface area contributed by atoms with Gasteiger partial charge >= 0.3 is 5.97 Å². The van der Waals surface area contributed by atoms with E-state index in [1.54, 1.807) is 0 Å². The van der Waals surface area contributed by atoms with Gasteiger partial charge in [0, 0.05) is 6.08 Å². The summed E-state index contributed by atoms with van der Waals surface area (Å²) >= 11 is 0. The second kappa shape index (κ2) is 4.77. The Hall–Kier alpha value is -1.86. The van der Waals surface area contributed by atoms with Gasteiger partial charge in [0.15, 0.2) is 0 Å². The normalized spacial score (nSPS) is 11.6. The topological polar surface area (TPSA) is 104 Å². The Bertz CT molecular complexity index is 517. The highest BCUT2D eigenvalue weighted by Gasteiger charge is 1.99. The highest BCUT2D eigenvalue weighted by atomic mass is 32.3. The minimum absolute atomic E-state index is 0.164. The lowest BCUT2D eigenvalue weighted by atomic mass is 10.2. The lowest BCUT2D eigenvalue weighted by Crippen LogP contribution is -2.06. The van der Waals surface area contributed by atoms with Gasteiger partial charge in [0.1, 0.15) is 5.75 Å². The molecular formula is C9H7O6S-. The molecule has 0 aliphatic heterocycles. The second-order valence-electron chi connectivity index (χ2n) is 2.74. The van der Waals surface area contributed by atoms with Crippen LogP contribution in [-0.2, 0) is 15.2 Å². The summed E-state index contributed by atoms with van der Waals surface area (Å²) in [6.45, 7) is 0. The molecule has 0 amide bonds. The van der Waals surface area contributed by atoms with Crippen molar-refractivity contribution in [3.8, 4) is 5.75 Å². The molecule has 0 bridgehead atoms. The van der Waals surface area contributed by atoms with Crippen LogP contribution < -0.4 is 4.18 Å². The van der Waals surface area contributed by atoms with Crippen molar-refractivity contribution < 1.29 is 27.1 Å². The molecule has 86 valence electrons. The third-order valence-corrected chi connectivity index (χ3v) is 1.87. The summed E-state index contributed by atoms with van der Waals surface area (Å²) in [5.74, 6) is -1.30. The Morgan fingerprint density at radius 1 is 1.44 bits per heavy atom. The summed E-state index contributed by atoms with van der Waals surface area (Å²) in [6, 6.07) is 5.47. The van der Waals surface area contributed by atoms with Crippen molar-refractivity contribution in [1.82, 2.24) is 0 Å². The Morgan fingerprint density at radius 3 is 2.69 bits per heavy atom. The summed E-state index contributed by atoms with van der Waals surface area (Å²) in [4.78, 5) is 10.2. The van der Waals surface area contributed by atoms with Crippen LogP contribution in [0.1, 0.15) is 5.56 Å². The zero-order valence-corrected chi connectivity index (χ0v) is 8.68. The van der Waals surface area contributed by atoms with E-state index in [4.69, 9.17) is 5.11 Å². The number of carbonyl (C=O) groups is 1. The van der Waals surface area contributed by atoms with Gasteiger partial charge in [0.2, 0.25) is 0 Å². The van der Waals surface area contributed by atoms with Gasteiger partial charge in [-0.1, -0.05) is 12.1 Å². The molecule has 0 saturated heterocycles. The van der Waals surface area contributed by atoms with Crippen molar-refractivity contribution in [2.75, 3.05) is 0 Å². The van der Waals surface area contributed by atoms with Gasteiger partial charge in [-0.15, -0.1) is 0 Å². The molecule has 1 aromatic carbocycles. The van der Waals surface area contributed by atoms with Crippen LogP contribution in [0.4, 0.5) is 0 Å². The summed E-state index contributed by atoms with van der Waals surface area (Å²) in [5, 5.41) is 8.37. The quantitative estimate of drug-likeness (QED) is 0.472. The van der Waals surface area contributed by atoms with Gasteiger partial charge in [0.05, 0.1) is 0 Å². The molecule has 1 rings (SSSR count). The third-order valence-electron chi connectivity index (χ3n) is 1.47. The van der Waals surface area contributed by atoms with E-state index >= 15 is 0 Å². The second-order valence-corrected chi connectivity index (χ2v) is 3.72. The molecular weight excluding hydrogens is 236 g/mol. The fourth-order valence-corrected chi connectivity index (χ4v) is 1.29. The first-order chi connectivity index (χ1) is 7.37. The lowest BCUT2D eigenvalue weighted by Gasteiger charge is -2.08. The van der Waals surface area contributed by atoms with Gasteiger partial charge in [-0.05, 0) is 23.8 Å². The van der Waals surface area contributed by atoms with Crippen LogP contribution in [0.3, 0.4) is 0 Å². The highest BCUT2D eigenvalue weighted by Crippen LogP contribution is 2.15. The van der Waals surface area contributed by atoms with Crippen molar-refractivity contribution in [3.63, 3.8) is 0 Å². The number of benzene rings is 1. The summed E-state index contributed by atoms with van der Waals surface area (Å²) in [7, 11) is -4.82. The molecule has 0 spiro atoms. The van der Waals surface area contributed by atoms with Crippen LogP contribution in [0.2, 0.25) is 0 Å². The smallest absolute Gasteiger partial charge is 0.328 e. The molecule has 0 radical (unpaired) electrons. The molecule has 0 heterocycles. The van der Waals surface area contributed by atoms with E-state index in [1.165, 1.54) is 30.3 Å². The van der Waals surface area contributed by atoms with Crippen molar-refractivity contribution >= 4 is 22.4 Å². The number of hydrogen-bond donors (Lipinski definition) is 1. The first kappa shape index (κ1) is 12.2. The average Bonchev–Trinajstić information content (AvgIpc) is 2.12. The maximum Gasteiger partial charge on any atom is 0.328 e. The first-order valence-corrected chi connectivity index (χ1v) is 5.36. The zero-order valence-electron chi connectivity index (χ0n) is 7.86. The molecule has 0 fully saturated rings. The van der Waals surface area contributed by atoms with E-state index in [9.17, 15) is 17.8 Å². The maximum absolute atomic E-state index is 10.3. The standard InChI is InChI=1S/C9H8O6S/c10-9(11)5-4-7-2-1-3-8(6-7)15-16(12,13)14/h1-6H,(H,10,11)(H,12,13,14)/p-1/b5-4+. The van der Waals surface area contributed by atoms with Crippen LogP contribution in [0.5, 0.6) is 5.75 Å². The minimum Gasteiger partial charge on any atom is -0.716 e. The molecule has 6 nitrogen and oxygen atoms in total. The molecule has 1 N–H and O–H groups in total. The Kier molecular flexibility index (Phi) is 3.64. The molecule has 16 heavy (non-hydrogen) atoms. The fraction of sp³-hybridized carbons (Fsp3) is 0. The molecule has 0 aromatic heterocycles. The van der Waals surface area contributed by atoms with Crippen molar-refractivity contribution in [2.24, 2.45) is 0 Å². The fourth-order valence-electron chi connectivity index (χ4n) is 0.955. The molecule has 0 unspecified atom stereocenters. The van der Waals surface area contributed by atoms with Crippen LogP contribution >= 0.6 is 0 Å². The Labute approximate surface area is 91.7 Å². The predicted molar refractivity (Wildman–Crippen MR) is 53.4 cm³/mol. The zero-order chi connectivity index (χ0) is 12.2. The largest absolute Gasteiger partial charge is 0.716 e. The molecule has 7 heteroatoms. The number of rotatable bonds is 4. The van der Waals surface area contributed by atoms with Crippen LogP contribution in [0.25, 0.3) is 6.08 Å². The highest BCUT2D eigenvalue weighted by molar-refractivity contribution is 7.81. The van der Waals surface area contributed by atoms with Crippen molar-refractivity contribution in [3.05, 3.63) is 35.9 Å². The summed E-state index contributed by atoms with van der Waals surface area (Å²) < 4.78 is 34.9. The molecule has 0 saturated carbocycles. The van der Waals surface area contributed by atoms with Gasteiger partial charge in [-0.3, -0.25) is 0 Å².